The SMILES string of the molecule is CNC(=O)c1ccnc(S)c1. The lowest BCUT2D eigenvalue weighted by molar-refractivity contribution is 0.0962. The molecule has 0 atom stereocenters. The third kappa shape index (κ3) is 1.94. The molecule has 0 unspecified atom stereocenters. The van der Waals surface area contributed by atoms with Crippen LogP contribution in [0.3, 0.4) is 0 Å². The smallest absolute Gasteiger partial charge is 0.251 e. The molecular weight excluding hydrogens is 160 g/mol. The zero-order valence-corrected chi connectivity index (χ0v) is 6.93. The number of carbonyl (C=O) groups excluding carboxylic acids is 1. The van der Waals surface area contributed by atoms with Crippen LogP contribution < -0.4 is 5.32 Å². The molecule has 0 fully saturated rings. The van der Waals surface area contributed by atoms with E-state index in [1.165, 1.54) is 0 Å². The molecule has 0 aliphatic carbocycles. The lowest BCUT2D eigenvalue weighted by atomic mass is 10.2. The van der Waals surface area contributed by atoms with E-state index in [0.29, 0.717) is 10.6 Å². The number of amides is 1. The number of pyridine rings is 1. The molecule has 11 heavy (non-hydrogen) atoms. The monoisotopic (exact) mass is 168 g/mol. The Bertz CT molecular complexity index is 275. The van der Waals surface area contributed by atoms with E-state index in [4.69, 9.17) is 0 Å². The van der Waals surface area contributed by atoms with Gasteiger partial charge >= 0.3 is 0 Å². The highest BCUT2D eigenvalue weighted by Gasteiger charge is 2.01. The number of nitrogens with one attached hydrogen (secondary N) is 1. The predicted octanol–water partition coefficient (Wildman–Crippen LogP) is 0.730. The first-order valence-corrected chi connectivity index (χ1v) is 3.56. The number of aromatic nitrogens is 1. The summed E-state index contributed by atoms with van der Waals surface area (Å²) in [4.78, 5) is 14.8. The van der Waals surface area contributed by atoms with E-state index in [0.717, 1.165) is 0 Å². The van der Waals surface area contributed by atoms with Gasteiger partial charge < -0.3 is 5.32 Å². The number of nitrogens with zero attached hydrogens (tertiary/aromatic N) is 1. The van der Waals surface area contributed by atoms with Crippen LogP contribution in [0.15, 0.2) is 23.4 Å². The summed E-state index contributed by atoms with van der Waals surface area (Å²) in [6.45, 7) is 0. The maximum Gasteiger partial charge on any atom is 0.251 e. The molecule has 0 spiro atoms. The van der Waals surface area contributed by atoms with Gasteiger partial charge in [0.25, 0.3) is 5.91 Å². The van der Waals surface area contributed by atoms with Gasteiger partial charge in [-0.1, -0.05) is 0 Å². The number of carbonyl (C=O) groups is 1. The second kappa shape index (κ2) is 3.39. The molecule has 1 rings (SSSR count). The molecular formula is C7H8N2OS. The molecule has 0 saturated carbocycles. The van der Waals surface area contributed by atoms with E-state index in [9.17, 15) is 4.79 Å². The highest BCUT2D eigenvalue weighted by Crippen LogP contribution is 2.04. The Morgan fingerprint density at radius 3 is 3.00 bits per heavy atom. The van der Waals surface area contributed by atoms with Gasteiger partial charge in [0.2, 0.25) is 0 Å². The van der Waals surface area contributed by atoms with Crippen molar-refractivity contribution < 1.29 is 4.79 Å². The summed E-state index contributed by atoms with van der Waals surface area (Å²) in [6, 6.07) is 3.25. The van der Waals surface area contributed by atoms with Crippen molar-refractivity contribution in [3.63, 3.8) is 0 Å². The Morgan fingerprint density at radius 1 is 1.73 bits per heavy atom. The summed E-state index contributed by atoms with van der Waals surface area (Å²) < 4.78 is 0. The van der Waals surface area contributed by atoms with Crippen LogP contribution in [-0.2, 0) is 0 Å². The minimum Gasteiger partial charge on any atom is -0.355 e. The first-order valence-electron chi connectivity index (χ1n) is 3.11. The summed E-state index contributed by atoms with van der Waals surface area (Å²) in [7, 11) is 1.58. The topological polar surface area (TPSA) is 42.0 Å². The van der Waals surface area contributed by atoms with Crippen LogP contribution in [0.4, 0.5) is 0 Å². The van der Waals surface area contributed by atoms with Gasteiger partial charge in [-0.25, -0.2) is 0 Å². The van der Waals surface area contributed by atoms with Crippen molar-refractivity contribution in [3.8, 4) is 0 Å². The van der Waals surface area contributed by atoms with Gasteiger partial charge in [-0.05, 0) is 12.1 Å². The normalized spacial score (nSPS) is 9.27. The fourth-order valence-corrected chi connectivity index (χ4v) is 0.910. The van der Waals surface area contributed by atoms with Crippen LogP contribution >= 0.6 is 12.6 Å². The largest absolute Gasteiger partial charge is 0.355 e. The molecule has 58 valence electrons. The summed E-state index contributed by atoms with van der Waals surface area (Å²) in [5, 5.41) is 3.06. The molecule has 1 aromatic heterocycles. The molecule has 0 aliphatic heterocycles. The van der Waals surface area contributed by atoms with Crippen LogP contribution in [-0.4, -0.2) is 17.9 Å². The van der Waals surface area contributed by atoms with Crippen molar-refractivity contribution in [1.82, 2.24) is 10.3 Å². The maximum absolute atomic E-state index is 11.0. The molecule has 0 aromatic carbocycles. The molecule has 3 nitrogen and oxygen atoms in total. The first kappa shape index (κ1) is 8.07. The van der Waals surface area contributed by atoms with Crippen molar-refractivity contribution in [2.45, 2.75) is 5.03 Å². The van der Waals surface area contributed by atoms with E-state index in [-0.39, 0.29) is 5.91 Å². The number of hydrogen-bond donors (Lipinski definition) is 2. The van der Waals surface area contributed by atoms with Crippen LogP contribution in [0, 0.1) is 0 Å². The third-order valence-corrected chi connectivity index (χ3v) is 1.48. The number of thiol groups is 1. The van der Waals surface area contributed by atoms with Gasteiger partial charge in [0.1, 0.15) is 0 Å². The Morgan fingerprint density at radius 2 is 2.45 bits per heavy atom. The Hall–Kier alpha value is -1.03. The van der Waals surface area contributed by atoms with E-state index in [2.05, 4.69) is 22.9 Å². The molecule has 0 aliphatic rings. The summed E-state index contributed by atoms with van der Waals surface area (Å²) in [6.07, 6.45) is 1.55. The van der Waals surface area contributed by atoms with Gasteiger partial charge in [0, 0.05) is 18.8 Å². The van der Waals surface area contributed by atoms with E-state index in [1.807, 2.05) is 0 Å². The zero-order chi connectivity index (χ0) is 8.27. The third-order valence-electron chi connectivity index (χ3n) is 1.23. The Balaban J connectivity index is 2.96. The maximum atomic E-state index is 11.0. The van der Waals surface area contributed by atoms with Gasteiger partial charge in [0.05, 0.1) is 5.03 Å². The van der Waals surface area contributed by atoms with Crippen molar-refractivity contribution in [1.29, 1.82) is 0 Å². The van der Waals surface area contributed by atoms with Crippen LogP contribution in [0.2, 0.25) is 0 Å². The Kier molecular flexibility index (Phi) is 2.48. The van der Waals surface area contributed by atoms with Crippen molar-refractivity contribution in [2.75, 3.05) is 7.05 Å². The van der Waals surface area contributed by atoms with E-state index in [1.54, 1.807) is 25.4 Å². The standard InChI is InChI=1S/C7H8N2OS/c1-8-7(10)5-2-3-9-6(11)4-5/h2-4H,1H3,(H,8,10)(H,9,11). The molecule has 0 radical (unpaired) electrons. The van der Waals surface area contributed by atoms with Crippen molar-refractivity contribution >= 4 is 18.5 Å². The van der Waals surface area contributed by atoms with Gasteiger partial charge in [-0.15, -0.1) is 12.6 Å². The fraction of sp³-hybridized carbons (Fsp3) is 0.143. The predicted molar refractivity (Wildman–Crippen MR) is 44.9 cm³/mol. The summed E-state index contributed by atoms with van der Waals surface area (Å²) in [5.41, 5.74) is 0.576. The highest BCUT2D eigenvalue weighted by molar-refractivity contribution is 7.80. The zero-order valence-electron chi connectivity index (χ0n) is 6.03. The van der Waals surface area contributed by atoms with Crippen LogP contribution in [0.1, 0.15) is 10.4 Å². The average molecular weight is 168 g/mol. The fourth-order valence-electron chi connectivity index (χ4n) is 0.704. The number of hydrogen-bond acceptors (Lipinski definition) is 3. The van der Waals surface area contributed by atoms with Crippen molar-refractivity contribution in [2.24, 2.45) is 0 Å². The lowest BCUT2D eigenvalue weighted by Gasteiger charge is -1.98. The minimum atomic E-state index is -0.122. The summed E-state index contributed by atoms with van der Waals surface area (Å²) >= 11 is 4.00. The molecule has 4 heteroatoms. The molecule has 1 amide bonds. The molecule has 1 heterocycles. The van der Waals surface area contributed by atoms with Crippen LogP contribution in [0.5, 0.6) is 0 Å². The Labute approximate surface area is 70.2 Å². The molecule has 1 N–H and O–H groups in total. The molecule has 0 saturated heterocycles. The second-order valence-electron chi connectivity index (χ2n) is 1.98. The van der Waals surface area contributed by atoms with Crippen LogP contribution in [0.25, 0.3) is 0 Å². The first-order chi connectivity index (χ1) is 5.24. The van der Waals surface area contributed by atoms with Crippen molar-refractivity contribution in [3.05, 3.63) is 23.9 Å². The molecule has 1 aromatic rings. The minimum absolute atomic E-state index is 0.122. The van der Waals surface area contributed by atoms with Gasteiger partial charge in [-0.2, -0.15) is 0 Å². The lowest BCUT2D eigenvalue weighted by Crippen LogP contribution is -2.17. The average Bonchev–Trinajstić information content (AvgIpc) is 2.03. The molecule has 0 bridgehead atoms. The number of rotatable bonds is 1. The van der Waals surface area contributed by atoms with Gasteiger partial charge in [0.15, 0.2) is 0 Å². The second-order valence-corrected chi connectivity index (χ2v) is 2.44. The van der Waals surface area contributed by atoms with Gasteiger partial charge in [-0.3, -0.25) is 9.78 Å². The summed E-state index contributed by atoms with van der Waals surface area (Å²) in [5.74, 6) is -0.122. The van der Waals surface area contributed by atoms with E-state index < -0.39 is 0 Å². The van der Waals surface area contributed by atoms with E-state index >= 15 is 0 Å². The quantitative estimate of drug-likeness (QED) is 0.607. The highest BCUT2D eigenvalue weighted by atomic mass is 32.1.